The number of hydrogen-bond donors (Lipinski definition) is 2. The van der Waals surface area contributed by atoms with Gasteiger partial charge in [0.05, 0.1) is 12.3 Å². The van der Waals surface area contributed by atoms with Crippen LogP contribution in [0.1, 0.15) is 13.8 Å². The molecule has 0 unspecified atom stereocenters. The van der Waals surface area contributed by atoms with E-state index in [0.29, 0.717) is 19.1 Å². The Morgan fingerprint density at radius 3 is 2.72 bits per heavy atom. The van der Waals surface area contributed by atoms with Crippen molar-refractivity contribution in [2.45, 2.75) is 26.5 Å². The van der Waals surface area contributed by atoms with Crippen molar-refractivity contribution in [1.29, 1.82) is 0 Å². The van der Waals surface area contributed by atoms with Crippen molar-refractivity contribution >= 4 is 23.2 Å². The maximum absolute atomic E-state index is 12.9. The lowest BCUT2D eigenvalue weighted by atomic mass is 10.1. The number of nitrogens with two attached hydrogens (primary N) is 1. The standard InChI is InChI=1S/C19H28F2N4O4/c1-12(2)10-24(3)15(9-22)18(27)23-13-4-5-14(16(8-13)29-19(20)21)25-6-7-28-11-17(25)26/h4-5,8,12,15,19H,6-7,9-11,22H2,1-3H3,(H,23,27)/t15-/m1/s1. The average molecular weight is 414 g/mol. The topological polar surface area (TPSA) is 97.1 Å². The largest absolute Gasteiger partial charge is 0.433 e. The predicted molar refractivity (Wildman–Crippen MR) is 105 cm³/mol. The summed E-state index contributed by atoms with van der Waals surface area (Å²) in [5.41, 5.74) is 6.22. The minimum Gasteiger partial charge on any atom is -0.433 e. The minimum absolute atomic E-state index is 0.107. The number of morpholine rings is 1. The summed E-state index contributed by atoms with van der Waals surface area (Å²) in [5.74, 6) is -0.564. The lowest BCUT2D eigenvalue weighted by Gasteiger charge is -2.29. The van der Waals surface area contributed by atoms with Gasteiger partial charge in [0.25, 0.3) is 5.91 Å². The Balaban J connectivity index is 2.22. The predicted octanol–water partition coefficient (Wildman–Crippen LogP) is 1.50. The van der Waals surface area contributed by atoms with E-state index in [9.17, 15) is 18.4 Å². The van der Waals surface area contributed by atoms with Gasteiger partial charge in [-0.2, -0.15) is 8.78 Å². The zero-order chi connectivity index (χ0) is 21.6. The van der Waals surface area contributed by atoms with Gasteiger partial charge in [0.1, 0.15) is 12.6 Å². The van der Waals surface area contributed by atoms with Crippen molar-refractivity contribution in [2.75, 3.05) is 50.1 Å². The van der Waals surface area contributed by atoms with Crippen LogP contribution in [-0.2, 0) is 14.3 Å². The molecule has 162 valence electrons. The smallest absolute Gasteiger partial charge is 0.387 e. The van der Waals surface area contributed by atoms with E-state index in [4.69, 9.17) is 10.5 Å². The van der Waals surface area contributed by atoms with Gasteiger partial charge < -0.3 is 25.4 Å². The van der Waals surface area contributed by atoms with Crippen LogP contribution < -0.4 is 20.7 Å². The molecule has 0 bridgehead atoms. The van der Waals surface area contributed by atoms with Crippen molar-refractivity contribution in [2.24, 2.45) is 11.7 Å². The number of rotatable bonds is 9. The highest BCUT2D eigenvalue weighted by atomic mass is 19.3. The molecule has 2 amide bonds. The van der Waals surface area contributed by atoms with Crippen LogP contribution in [0.2, 0.25) is 0 Å². The molecule has 1 fully saturated rings. The first-order valence-electron chi connectivity index (χ1n) is 9.41. The number of nitrogens with one attached hydrogen (secondary N) is 1. The Kier molecular flexibility index (Phi) is 8.30. The van der Waals surface area contributed by atoms with Crippen molar-refractivity contribution in [1.82, 2.24) is 4.90 Å². The van der Waals surface area contributed by atoms with Gasteiger partial charge in [-0.05, 0) is 25.1 Å². The maximum Gasteiger partial charge on any atom is 0.387 e. The lowest BCUT2D eigenvalue weighted by molar-refractivity contribution is -0.126. The summed E-state index contributed by atoms with van der Waals surface area (Å²) in [4.78, 5) is 27.9. The summed E-state index contributed by atoms with van der Waals surface area (Å²) >= 11 is 0. The highest BCUT2D eigenvalue weighted by Gasteiger charge is 2.26. The molecule has 8 nitrogen and oxygen atoms in total. The molecule has 0 aliphatic carbocycles. The number of carbonyl (C=O) groups excluding carboxylic acids is 2. The van der Waals surface area contributed by atoms with E-state index < -0.39 is 12.7 Å². The number of nitrogens with zero attached hydrogens (tertiary/aromatic N) is 2. The molecule has 1 aromatic rings. The Morgan fingerprint density at radius 1 is 1.41 bits per heavy atom. The second-order valence-electron chi connectivity index (χ2n) is 7.23. The summed E-state index contributed by atoms with van der Waals surface area (Å²) in [5, 5.41) is 2.69. The van der Waals surface area contributed by atoms with Gasteiger partial charge in [-0.15, -0.1) is 0 Å². The van der Waals surface area contributed by atoms with Gasteiger partial charge in [-0.25, -0.2) is 0 Å². The van der Waals surface area contributed by atoms with Gasteiger partial charge in [0.2, 0.25) is 5.91 Å². The molecule has 1 saturated heterocycles. The quantitative estimate of drug-likeness (QED) is 0.636. The van der Waals surface area contributed by atoms with Crippen LogP contribution in [-0.4, -0.2) is 69.3 Å². The number of alkyl halides is 2. The second-order valence-corrected chi connectivity index (χ2v) is 7.23. The molecule has 1 aliphatic heterocycles. The van der Waals surface area contributed by atoms with Crippen molar-refractivity contribution < 1.29 is 27.8 Å². The van der Waals surface area contributed by atoms with Gasteiger partial charge >= 0.3 is 6.61 Å². The van der Waals surface area contributed by atoms with Crippen LogP contribution in [0.4, 0.5) is 20.2 Å². The molecule has 1 aromatic carbocycles. The molecule has 0 aromatic heterocycles. The number of anilines is 2. The van der Waals surface area contributed by atoms with E-state index in [1.54, 1.807) is 7.05 Å². The number of carbonyl (C=O) groups is 2. The third kappa shape index (κ3) is 6.34. The SMILES string of the molecule is CC(C)CN(C)[C@H](CN)C(=O)Nc1ccc(N2CCOCC2=O)c(OC(F)F)c1. The highest BCUT2D eigenvalue weighted by Crippen LogP contribution is 2.33. The Bertz CT molecular complexity index is 717. The van der Waals surface area contributed by atoms with E-state index in [2.05, 4.69) is 10.1 Å². The Labute approximate surface area is 168 Å². The summed E-state index contributed by atoms with van der Waals surface area (Å²) < 4.78 is 35.5. The molecule has 3 N–H and O–H groups in total. The summed E-state index contributed by atoms with van der Waals surface area (Å²) in [7, 11) is 1.80. The molecular formula is C19H28F2N4O4. The zero-order valence-electron chi connectivity index (χ0n) is 16.9. The number of ether oxygens (including phenoxy) is 2. The normalized spacial score (nSPS) is 15.9. The second kappa shape index (κ2) is 10.5. The summed E-state index contributed by atoms with van der Waals surface area (Å²) in [6, 6.07) is 3.70. The number of hydrogen-bond acceptors (Lipinski definition) is 6. The van der Waals surface area contributed by atoms with Crippen LogP contribution in [0, 0.1) is 5.92 Å². The summed E-state index contributed by atoms with van der Waals surface area (Å²) in [6.07, 6.45) is 0. The summed E-state index contributed by atoms with van der Waals surface area (Å²) in [6.45, 7) is 2.14. The number of amides is 2. The first-order chi connectivity index (χ1) is 13.7. The van der Waals surface area contributed by atoms with Crippen LogP contribution in [0.5, 0.6) is 5.75 Å². The number of likely N-dealkylation sites (N-methyl/N-ethyl adjacent to an activating group) is 1. The third-order valence-electron chi connectivity index (χ3n) is 4.43. The van der Waals surface area contributed by atoms with Crippen LogP contribution in [0.15, 0.2) is 18.2 Å². The fraction of sp³-hybridized carbons (Fsp3) is 0.579. The zero-order valence-corrected chi connectivity index (χ0v) is 16.9. The molecule has 1 aliphatic rings. The molecule has 1 atom stereocenters. The molecule has 2 rings (SSSR count). The van der Waals surface area contributed by atoms with E-state index in [0.717, 1.165) is 0 Å². The molecule has 0 radical (unpaired) electrons. The molecule has 0 saturated carbocycles. The van der Waals surface area contributed by atoms with Crippen LogP contribution in [0.25, 0.3) is 0 Å². The van der Waals surface area contributed by atoms with E-state index in [1.807, 2.05) is 18.7 Å². The maximum atomic E-state index is 12.9. The van der Waals surface area contributed by atoms with Gasteiger partial charge in [-0.3, -0.25) is 14.5 Å². The highest BCUT2D eigenvalue weighted by molar-refractivity contribution is 5.98. The number of halogens is 2. The molecule has 29 heavy (non-hydrogen) atoms. The first kappa shape index (κ1) is 23.0. The fourth-order valence-electron chi connectivity index (χ4n) is 3.19. The van der Waals surface area contributed by atoms with Gasteiger partial charge in [0, 0.05) is 31.4 Å². The lowest BCUT2D eigenvalue weighted by Crippen LogP contribution is -2.48. The van der Waals surface area contributed by atoms with Gasteiger partial charge in [0.15, 0.2) is 5.75 Å². The van der Waals surface area contributed by atoms with Crippen LogP contribution in [0.3, 0.4) is 0 Å². The van der Waals surface area contributed by atoms with E-state index in [1.165, 1.54) is 23.1 Å². The molecule has 1 heterocycles. The van der Waals surface area contributed by atoms with E-state index in [-0.39, 0.29) is 48.6 Å². The molecular weight excluding hydrogens is 386 g/mol. The fourth-order valence-corrected chi connectivity index (χ4v) is 3.19. The van der Waals surface area contributed by atoms with Crippen molar-refractivity contribution in [3.63, 3.8) is 0 Å². The van der Waals surface area contributed by atoms with Crippen LogP contribution >= 0.6 is 0 Å². The number of benzene rings is 1. The molecule has 10 heteroatoms. The Hall–Kier alpha value is -2.30. The van der Waals surface area contributed by atoms with Crippen molar-refractivity contribution in [3.05, 3.63) is 18.2 Å². The molecule has 0 spiro atoms. The monoisotopic (exact) mass is 414 g/mol. The third-order valence-corrected chi connectivity index (χ3v) is 4.43. The first-order valence-corrected chi connectivity index (χ1v) is 9.41. The minimum atomic E-state index is -3.08. The van der Waals surface area contributed by atoms with Gasteiger partial charge in [-0.1, -0.05) is 13.8 Å². The average Bonchev–Trinajstić information content (AvgIpc) is 2.62. The Morgan fingerprint density at radius 2 is 2.14 bits per heavy atom. The van der Waals surface area contributed by atoms with Crippen molar-refractivity contribution in [3.8, 4) is 5.75 Å². The van der Waals surface area contributed by atoms with E-state index >= 15 is 0 Å².